The van der Waals surface area contributed by atoms with Crippen LogP contribution in [0.1, 0.15) is 13.3 Å². The predicted octanol–water partition coefficient (Wildman–Crippen LogP) is 3.91. The van der Waals surface area contributed by atoms with Crippen molar-refractivity contribution in [2.45, 2.75) is 19.4 Å². The van der Waals surface area contributed by atoms with Gasteiger partial charge in [0.2, 0.25) is 0 Å². The third-order valence-corrected chi connectivity index (χ3v) is 4.07. The third kappa shape index (κ3) is 3.92. The fraction of sp³-hybridized carbons (Fsp3) is 0.222. The minimum Gasteiger partial charge on any atom is -0.507 e. The van der Waals surface area contributed by atoms with Gasteiger partial charge in [0.15, 0.2) is 5.82 Å². The molecule has 0 saturated heterocycles. The van der Waals surface area contributed by atoms with E-state index in [0.29, 0.717) is 34.5 Å². The molecule has 6 nitrogen and oxygen atoms in total. The second-order valence-electron chi connectivity index (χ2n) is 5.64. The van der Waals surface area contributed by atoms with Gasteiger partial charge >= 0.3 is 0 Å². The molecule has 3 rings (SSSR count). The van der Waals surface area contributed by atoms with E-state index in [9.17, 15) is 5.11 Å². The Bertz CT molecular complexity index is 852. The van der Waals surface area contributed by atoms with Gasteiger partial charge in [-0.05, 0) is 36.8 Å². The molecule has 0 unspecified atom stereocenters. The lowest BCUT2D eigenvalue weighted by Gasteiger charge is -2.14. The molecule has 130 valence electrons. The molecule has 0 saturated carbocycles. The van der Waals surface area contributed by atoms with Crippen molar-refractivity contribution >= 4 is 17.4 Å². The molecule has 2 aromatic heterocycles. The van der Waals surface area contributed by atoms with Gasteiger partial charge in [0.1, 0.15) is 17.3 Å². The molecule has 25 heavy (non-hydrogen) atoms. The predicted molar refractivity (Wildman–Crippen MR) is 98.6 cm³/mol. The number of furan rings is 1. The van der Waals surface area contributed by atoms with Gasteiger partial charge in [-0.1, -0.05) is 18.5 Å². The fourth-order valence-electron chi connectivity index (χ4n) is 2.32. The van der Waals surface area contributed by atoms with Crippen molar-refractivity contribution in [3.63, 3.8) is 0 Å². The summed E-state index contributed by atoms with van der Waals surface area (Å²) in [6.45, 7) is 2.58. The number of hydrogen-bond donors (Lipinski definition) is 3. The van der Waals surface area contributed by atoms with Crippen LogP contribution in [0.15, 0.2) is 47.2 Å². The molecule has 0 radical (unpaired) electrons. The second kappa shape index (κ2) is 7.55. The maximum atomic E-state index is 10.1. The number of nitrogens with two attached hydrogens (primary N) is 1. The first-order valence-electron chi connectivity index (χ1n) is 7.97. The molecule has 2 heterocycles. The lowest BCUT2D eigenvalue weighted by Crippen LogP contribution is -2.28. The zero-order valence-electron chi connectivity index (χ0n) is 13.7. The molecule has 0 spiro atoms. The Balaban J connectivity index is 2.03. The Morgan fingerprint density at radius 2 is 2.16 bits per heavy atom. The Hall–Kier alpha value is -2.57. The zero-order chi connectivity index (χ0) is 17.8. The number of phenolic OH excluding ortho intramolecular Hbond substituents is 1. The van der Waals surface area contributed by atoms with E-state index in [1.54, 1.807) is 30.7 Å². The number of halogens is 1. The van der Waals surface area contributed by atoms with E-state index in [1.807, 2.05) is 13.0 Å². The Morgan fingerprint density at radius 3 is 2.88 bits per heavy atom. The molecule has 0 aliphatic rings. The van der Waals surface area contributed by atoms with Crippen molar-refractivity contribution in [1.82, 2.24) is 9.97 Å². The van der Waals surface area contributed by atoms with E-state index in [4.69, 9.17) is 21.8 Å². The minimum absolute atomic E-state index is 0.00226. The second-order valence-corrected chi connectivity index (χ2v) is 6.08. The summed E-state index contributed by atoms with van der Waals surface area (Å²) in [5.74, 6) is 1.66. The van der Waals surface area contributed by atoms with Crippen LogP contribution in [0, 0.1) is 0 Å². The average Bonchev–Trinajstić information content (AvgIpc) is 3.16. The highest BCUT2D eigenvalue weighted by molar-refractivity contribution is 6.30. The number of nitrogens with one attached hydrogen (secondary N) is 1. The molecule has 0 aliphatic heterocycles. The molecule has 3 aromatic rings. The summed E-state index contributed by atoms with van der Waals surface area (Å²) < 4.78 is 5.46. The maximum absolute atomic E-state index is 10.1. The van der Waals surface area contributed by atoms with Gasteiger partial charge in [-0.3, -0.25) is 0 Å². The number of hydrogen-bond acceptors (Lipinski definition) is 6. The van der Waals surface area contributed by atoms with Crippen molar-refractivity contribution in [1.29, 1.82) is 0 Å². The van der Waals surface area contributed by atoms with E-state index in [1.165, 1.54) is 6.07 Å². The summed E-state index contributed by atoms with van der Waals surface area (Å²) in [4.78, 5) is 8.90. The Kier molecular flexibility index (Phi) is 5.21. The first-order chi connectivity index (χ1) is 12.1. The van der Waals surface area contributed by atoms with Gasteiger partial charge in [-0.25, -0.2) is 9.97 Å². The van der Waals surface area contributed by atoms with Crippen LogP contribution in [-0.2, 0) is 0 Å². The molecule has 0 amide bonds. The van der Waals surface area contributed by atoms with Gasteiger partial charge in [0.25, 0.3) is 0 Å². The van der Waals surface area contributed by atoms with Gasteiger partial charge in [-0.15, -0.1) is 0 Å². The van der Waals surface area contributed by atoms with Crippen molar-refractivity contribution < 1.29 is 9.52 Å². The summed E-state index contributed by atoms with van der Waals surface area (Å²) in [6.07, 6.45) is 4.09. The number of aromatic hydroxyl groups is 1. The van der Waals surface area contributed by atoms with Crippen LogP contribution in [0.25, 0.3) is 22.7 Å². The first kappa shape index (κ1) is 17.3. The van der Waals surface area contributed by atoms with Crippen LogP contribution in [0.3, 0.4) is 0 Å². The quantitative estimate of drug-likeness (QED) is 0.618. The summed E-state index contributed by atoms with van der Waals surface area (Å²) in [5.41, 5.74) is 7.18. The monoisotopic (exact) mass is 358 g/mol. The van der Waals surface area contributed by atoms with Crippen LogP contribution in [-0.4, -0.2) is 27.7 Å². The standard InChI is InChI=1S/C18H19ClN4O2/c1-2-12(20)9-21-18-14(16-4-3-7-25-16)10-22-17(23-18)13-8-11(19)5-6-15(13)24/h3-8,10,12,24H,2,9,20H2,1H3,(H,21,22,23)/t12-/m0/s1. The van der Waals surface area contributed by atoms with E-state index in [2.05, 4.69) is 15.3 Å². The summed E-state index contributed by atoms with van der Waals surface area (Å²) in [6, 6.07) is 8.38. The zero-order valence-corrected chi connectivity index (χ0v) is 14.5. The summed E-state index contributed by atoms with van der Waals surface area (Å²) in [7, 11) is 0. The topological polar surface area (TPSA) is 97.2 Å². The number of rotatable bonds is 6. The molecule has 4 N–H and O–H groups in total. The number of phenols is 1. The number of anilines is 1. The van der Waals surface area contributed by atoms with Crippen molar-refractivity contribution in [3.8, 4) is 28.5 Å². The Labute approximate surface area is 150 Å². The molecule has 1 atom stereocenters. The fourth-order valence-corrected chi connectivity index (χ4v) is 2.49. The van der Waals surface area contributed by atoms with Crippen LogP contribution in [0.2, 0.25) is 5.02 Å². The molecular formula is C18H19ClN4O2. The van der Waals surface area contributed by atoms with Gasteiger partial charge in [0.05, 0.1) is 17.4 Å². The lowest BCUT2D eigenvalue weighted by molar-refractivity contribution is 0.477. The summed E-state index contributed by atoms with van der Waals surface area (Å²) in [5, 5.41) is 13.8. The van der Waals surface area contributed by atoms with Crippen molar-refractivity contribution in [2.75, 3.05) is 11.9 Å². The van der Waals surface area contributed by atoms with E-state index >= 15 is 0 Å². The lowest BCUT2D eigenvalue weighted by atomic mass is 10.1. The number of aromatic nitrogens is 2. The summed E-state index contributed by atoms with van der Waals surface area (Å²) >= 11 is 6.03. The van der Waals surface area contributed by atoms with E-state index in [-0.39, 0.29) is 11.8 Å². The highest BCUT2D eigenvalue weighted by Gasteiger charge is 2.15. The molecule has 7 heteroatoms. The largest absolute Gasteiger partial charge is 0.507 e. The molecular weight excluding hydrogens is 340 g/mol. The average molecular weight is 359 g/mol. The SMILES string of the molecule is CC[C@H](N)CNc1nc(-c2cc(Cl)ccc2O)ncc1-c1ccco1. The van der Waals surface area contributed by atoms with Crippen molar-refractivity contribution in [2.24, 2.45) is 5.73 Å². The van der Waals surface area contributed by atoms with Crippen LogP contribution in [0.5, 0.6) is 5.75 Å². The van der Waals surface area contributed by atoms with Crippen LogP contribution < -0.4 is 11.1 Å². The third-order valence-electron chi connectivity index (χ3n) is 3.83. The number of benzene rings is 1. The normalized spacial score (nSPS) is 12.1. The highest BCUT2D eigenvalue weighted by atomic mass is 35.5. The molecule has 0 fully saturated rings. The maximum Gasteiger partial charge on any atom is 0.165 e. The molecule has 0 bridgehead atoms. The van der Waals surface area contributed by atoms with Crippen LogP contribution >= 0.6 is 11.6 Å². The smallest absolute Gasteiger partial charge is 0.165 e. The van der Waals surface area contributed by atoms with Gasteiger partial charge in [0, 0.05) is 23.8 Å². The van der Waals surface area contributed by atoms with E-state index < -0.39 is 0 Å². The Morgan fingerprint density at radius 1 is 1.32 bits per heavy atom. The molecule has 0 aliphatic carbocycles. The number of nitrogens with zero attached hydrogens (tertiary/aromatic N) is 2. The van der Waals surface area contributed by atoms with Crippen LogP contribution in [0.4, 0.5) is 5.82 Å². The van der Waals surface area contributed by atoms with Crippen molar-refractivity contribution in [3.05, 3.63) is 47.8 Å². The van der Waals surface area contributed by atoms with Gasteiger partial charge in [-0.2, -0.15) is 0 Å². The first-order valence-corrected chi connectivity index (χ1v) is 8.35. The van der Waals surface area contributed by atoms with E-state index in [0.717, 1.165) is 12.0 Å². The van der Waals surface area contributed by atoms with Gasteiger partial charge < -0.3 is 20.6 Å². The molecule has 1 aromatic carbocycles. The minimum atomic E-state index is 0.00226. The highest BCUT2D eigenvalue weighted by Crippen LogP contribution is 2.33.